The molecule has 34 heavy (non-hydrogen) atoms. The molecule has 5 heteroatoms. The molecular weight excluding hydrogens is 426 g/mol. The van der Waals surface area contributed by atoms with Crippen LogP contribution in [0.4, 0.5) is 0 Å². The minimum Gasteiger partial charge on any atom is -0.496 e. The molecule has 1 aliphatic carbocycles. The zero-order valence-corrected chi connectivity index (χ0v) is 21.1. The van der Waals surface area contributed by atoms with Gasteiger partial charge < -0.3 is 14.6 Å². The smallest absolute Gasteiger partial charge is 0.309 e. The van der Waals surface area contributed by atoms with Gasteiger partial charge in [0.1, 0.15) is 18.1 Å². The van der Waals surface area contributed by atoms with Crippen LogP contribution in [0, 0.1) is 18.8 Å². The van der Waals surface area contributed by atoms with Gasteiger partial charge in [0.15, 0.2) is 0 Å². The summed E-state index contributed by atoms with van der Waals surface area (Å²) in [6, 6.07) is 10.7. The lowest BCUT2D eigenvalue weighted by Crippen LogP contribution is -2.50. The molecule has 0 atom stereocenters. The van der Waals surface area contributed by atoms with Crippen LogP contribution >= 0.6 is 0 Å². The van der Waals surface area contributed by atoms with Crippen LogP contribution in [0.15, 0.2) is 35.9 Å². The lowest BCUT2D eigenvalue weighted by molar-refractivity contribution is -0.147. The predicted molar refractivity (Wildman–Crippen MR) is 136 cm³/mol. The summed E-state index contributed by atoms with van der Waals surface area (Å²) in [7, 11) is 1.72. The topological polar surface area (TPSA) is 59.0 Å². The Morgan fingerprint density at radius 1 is 1.12 bits per heavy atom. The fourth-order valence-electron chi connectivity index (χ4n) is 5.20. The number of carboxylic acid groups (broad SMARTS) is 1. The Bertz CT molecular complexity index is 1100. The van der Waals surface area contributed by atoms with Crippen molar-refractivity contribution in [2.24, 2.45) is 11.8 Å². The number of rotatable bonds is 9. The number of hydrogen-bond donors (Lipinski definition) is 1. The second-order valence-electron chi connectivity index (χ2n) is 10.2. The molecule has 1 aliphatic heterocycles. The van der Waals surface area contributed by atoms with Crippen LogP contribution in [0.5, 0.6) is 11.5 Å². The Morgan fingerprint density at radius 3 is 2.56 bits per heavy atom. The largest absolute Gasteiger partial charge is 0.496 e. The molecule has 0 unspecified atom stereocenters. The van der Waals surface area contributed by atoms with E-state index in [2.05, 4.69) is 62.9 Å². The van der Waals surface area contributed by atoms with Gasteiger partial charge in [-0.25, -0.2) is 0 Å². The summed E-state index contributed by atoms with van der Waals surface area (Å²) >= 11 is 0. The van der Waals surface area contributed by atoms with Crippen LogP contribution in [0.2, 0.25) is 0 Å². The maximum atomic E-state index is 11.1. The zero-order valence-electron chi connectivity index (χ0n) is 21.1. The van der Waals surface area contributed by atoms with E-state index in [1.54, 1.807) is 7.11 Å². The first-order valence-corrected chi connectivity index (χ1v) is 12.3. The first-order valence-electron chi connectivity index (χ1n) is 12.3. The van der Waals surface area contributed by atoms with E-state index in [4.69, 9.17) is 14.6 Å². The Balaban J connectivity index is 1.45. The molecule has 1 heterocycles. The SMILES string of the molecule is COc1cc(CC(C)C)ccc1COc1ccc2c(c1C)CCC(CN1CC(C(=O)O)C1)=C2C. The van der Waals surface area contributed by atoms with E-state index >= 15 is 0 Å². The Morgan fingerprint density at radius 2 is 1.88 bits per heavy atom. The summed E-state index contributed by atoms with van der Waals surface area (Å²) in [4.78, 5) is 13.3. The quantitative estimate of drug-likeness (QED) is 0.531. The summed E-state index contributed by atoms with van der Waals surface area (Å²) in [6.07, 6.45) is 3.05. The number of benzene rings is 2. The molecule has 1 N–H and O–H groups in total. The highest BCUT2D eigenvalue weighted by atomic mass is 16.5. The fraction of sp³-hybridized carbons (Fsp3) is 0.483. The maximum Gasteiger partial charge on any atom is 0.309 e. The number of aliphatic carboxylic acids is 1. The van der Waals surface area contributed by atoms with Crippen LogP contribution in [0.1, 0.15) is 55.0 Å². The normalized spacial score (nSPS) is 16.4. The lowest BCUT2D eigenvalue weighted by Gasteiger charge is -2.38. The Kier molecular flexibility index (Phi) is 7.32. The van der Waals surface area contributed by atoms with Crippen molar-refractivity contribution >= 4 is 11.5 Å². The maximum absolute atomic E-state index is 11.1. The van der Waals surface area contributed by atoms with Crippen LogP contribution in [-0.4, -0.2) is 42.7 Å². The molecule has 2 aliphatic rings. The van der Waals surface area contributed by atoms with E-state index < -0.39 is 5.97 Å². The minimum atomic E-state index is -0.678. The third-order valence-electron chi connectivity index (χ3n) is 7.26. The zero-order chi connectivity index (χ0) is 24.4. The van der Waals surface area contributed by atoms with Gasteiger partial charge in [-0.15, -0.1) is 0 Å². The number of carbonyl (C=O) groups is 1. The van der Waals surface area contributed by atoms with Gasteiger partial charge in [-0.1, -0.05) is 37.6 Å². The Labute approximate surface area is 203 Å². The number of methoxy groups -OCH3 is 1. The van der Waals surface area contributed by atoms with Gasteiger partial charge in [0, 0.05) is 25.2 Å². The van der Waals surface area contributed by atoms with E-state index in [1.165, 1.54) is 33.4 Å². The van der Waals surface area contributed by atoms with Crippen LogP contribution in [0.3, 0.4) is 0 Å². The van der Waals surface area contributed by atoms with E-state index in [1.807, 2.05) is 0 Å². The molecular formula is C29H37NO4. The molecule has 0 spiro atoms. The molecule has 1 fully saturated rings. The second kappa shape index (κ2) is 10.2. The van der Waals surface area contributed by atoms with Crippen molar-refractivity contribution in [2.75, 3.05) is 26.7 Å². The third-order valence-corrected chi connectivity index (χ3v) is 7.26. The molecule has 2 aromatic rings. The van der Waals surface area contributed by atoms with Crippen LogP contribution in [-0.2, 0) is 24.2 Å². The van der Waals surface area contributed by atoms with Crippen molar-refractivity contribution in [3.05, 3.63) is 63.7 Å². The number of ether oxygens (including phenoxy) is 2. The second-order valence-corrected chi connectivity index (χ2v) is 10.2. The molecule has 0 radical (unpaired) electrons. The van der Waals surface area contributed by atoms with Crippen molar-refractivity contribution in [1.82, 2.24) is 4.90 Å². The third kappa shape index (κ3) is 5.15. The van der Waals surface area contributed by atoms with E-state index in [9.17, 15) is 4.79 Å². The van der Waals surface area contributed by atoms with Crippen LogP contribution in [0.25, 0.3) is 5.57 Å². The first-order chi connectivity index (χ1) is 16.3. The summed E-state index contributed by atoms with van der Waals surface area (Å²) in [6.45, 7) is 11.5. The van der Waals surface area contributed by atoms with Gasteiger partial charge in [0.05, 0.1) is 13.0 Å². The molecule has 0 saturated carbocycles. The molecule has 2 aromatic carbocycles. The minimum absolute atomic E-state index is 0.205. The van der Waals surface area contributed by atoms with Crippen molar-refractivity contribution < 1.29 is 19.4 Å². The van der Waals surface area contributed by atoms with Gasteiger partial charge in [-0.05, 0) is 79.0 Å². The van der Waals surface area contributed by atoms with E-state index in [-0.39, 0.29) is 5.92 Å². The molecule has 4 rings (SSSR count). The number of carboxylic acids is 1. The highest BCUT2D eigenvalue weighted by Crippen LogP contribution is 2.37. The summed E-state index contributed by atoms with van der Waals surface area (Å²) in [5.41, 5.74) is 8.98. The molecule has 182 valence electrons. The molecule has 5 nitrogen and oxygen atoms in total. The number of fused-ring (bicyclic) bond motifs is 1. The number of likely N-dealkylation sites (tertiary alicyclic amines) is 1. The van der Waals surface area contributed by atoms with Crippen molar-refractivity contribution in [3.63, 3.8) is 0 Å². The average molecular weight is 464 g/mol. The first kappa shape index (κ1) is 24.3. The van der Waals surface area contributed by atoms with Gasteiger partial charge >= 0.3 is 5.97 Å². The fourth-order valence-corrected chi connectivity index (χ4v) is 5.20. The highest BCUT2D eigenvalue weighted by Gasteiger charge is 2.33. The van der Waals surface area contributed by atoms with Crippen LogP contribution < -0.4 is 9.47 Å². The molecule has 0 bridgehead atoms. The highest BCUT2D eigenvalue weighted by molar-refractivity contribution is 5.74. The average Bonchev–Trinajstić information content (AvgIpc) is 2.76. The van der Waals surface area contributed by atoms with E-state index in [0.717, 1.165) is 42.9 Å². The van der Waals surface area contributed by atoms with Crippen molar-refractivity contribution in [2.45, 2.75) is 53.6 Å². The molecule has 0 amide bonds. The van der Waals surface area contributed by atoms with Gasteiger partial charge in [-0.2, -0.15) is 0 Å². The van der Waals surface area contributed by atoms with Crippen molar-refractivity contribution in [1.29, 1.82) is 0 Å². The van der Waals surface area contributed by atoms with Gasteiger partial charge in [-0.3, -0.25) is 9.69 Å². The molecule has 0 aromatic heterocycles. The number of nitrogens with zero attached hydrogens (tertiary/aromatic N) is 1. The lowest BCUT2D eigenvalue weighted by atomic mass is 9.83. The number of allylic oxidation sites excluding steroid dienone is 1. The van der Waals surface area contributed by atoms with Gasteiger partial charge in [0.25, 0.3) is 0 Å². The Hall–Kier alpha value is -2.79. The summed E-state index contributed by atoms with van der Waals surface area (Å²) in [5.74, 6) is 1.53. The summed E-state index contributed by atoms with van der Waals surface area (Å²) < 4.78 is 11.9. The van der Waals surface area contributed by atoms with Gasteiger partial charge in [0.2, 0.25) is 0 Å². The standard InChI is InChI=1S/C29H37NO4/c1-18(2)12-21-6-7-23(28(13-21)33-5)17-34-27-11-10-25-19(3)22(8-9-26(25)20(27)4)14-30-15-24(16-30)29(31)32/h6-7,10-11,13,18,24H,8-9,12,14-17H2,1-5H3,(H,31,32). The van der Waals surface area contributed by atoms with E-state index in [0.29, 0.717) is 25.6 Å². The summed E-state index contributed by atoms with van der Waals surface area (Å²) in [5, 5.41) is 9.13. The van der Waals surface area contributed by atoms with Crippen molar-refractivity contribution in [3.8, 4) is 11.5 Å². The monoisotopic (exact) mass is 463 g/mol. The number of hydrogen-bond acceptors (Lipinski definition) is 4. The molecule has 1 saturated heterocycles. The predicted octanol–water partition coefficient (Wildman–Crippen LogP) is 5.52.